The van der Waals surface area contributed by atoms with Gasteiger partial charge in [-0.25, -0.2) is 4.63 Å². The molecule has 0 bridgehead atoms. The van der Waals surface area contributed by atoms with Gasteiger partial charge in [-0.1, -0.05) is 41.9 Å². The predicted octanol–water partition coefficient (Wildman–Crippen LogP) is 2.80. The number of aromatic nitrogens is 2. The van der Waals surface area contributed by atoms with E-state index in [1.165, 1.54) is 0 Å². The van der Waals surface area contributed by atoms with Crippen molar-refractivity contribution in [3.63, 3.8) is 0 Å². The summed E-state index contributed by atoms with van der Waals surface area (Å²) in [6.07, 6.45) is 0. The Morgan fingerprint density at radius 2 is 1.90 bits per heavy atom. The van der Waals surface area contributed by atoms with Crippen LogP contribution in [0.2, 0.25) is 5.02 Å². The maximum absolute atomic E-state index is 11.9. The van der Waals surface area contributed by atoms with Crippen LogP contribution in [0.1, 0.15) is 28.5 Å². The molecule has 0 aliphatic heterocycles. The minimum absolute atomic E-state index is 0.0320. The molecule has 0 aliphatic carbocycles. The van der Waals surface area contributed by atoms with Gasteiger partial charge in [0.15, 0.2) is 11.5 Å². The van der Waals surface area contributed by atoms with E-state index < -0.39 is 5.91 Å². The number of benzene rings is 2. The smallest absolute Gasteiger partial charge is 0.277 e. The molecular formula is C21H24ClN5O4. The minimum Gasteiger partial charge on any atom is -0.490 e. The maximum Gasteiger partial charge on any atom is 0.277 e. The summed E-state index contributed by atoms with van der Waals surface area (Å²) in [7, 11) is 0. The van der Waals surface area contributed by atoms with Crippen LogP contribution in [0.25, 0.3) is 0 Å². The fourth-order valence-corrected chi connectivity index (χ4v) is 2.97. The summed E-state index contributed by atoms with van der Waals surface area (Å²) < 4.78 is 16.1. The van der Waals surface area contributed by atoms with E-state index >= 15 is 0 Å². The number of hydrogen-bond donors (Lipinski definition) is 3. The zero-order valence-electron chi connectivity index (χ0n) is 17.1. The molecule has 1 heterocycles. The van der Waals surface area contributed by atoms with Gasteiger partial charge in [0, 0.05) is 30.7 Å². The van der Waals surface area contributed by atoms with Gasteiger partial charge in [0.25, 0.3) is 5.91 Å². The minimum atomic E-state index is -0.447. The fraction of sp³-hybridized carbons (Fsp3) is 0.286. The normalized spacial score (nSPS) is 10.6. The first kappa shape index (κ1) is 22.4. The summed E-state index contributed by atoms with van der Waals surface area (Å²) in [6.45, 7) is 4.18. The van der Waals surface area contributed by atoms with Crippen molar-refractivity contribution in [3.8, 4) is 11.5 Å². The Bertz CT molecular complexity index is 997. The number of nitrogen functional groups attached to an aromatic ring is 1. The number of amides is 1. The van der Waals surface area contributed by atoms with E-state index in [0.29, 0.717) is 49.4 Å². The fourth-order valence-electron chi connectivity index (χ4n) is 2.75. The van der Waals surface area contributed by atoms with Crippen molar-refractivity contribution in [1.29, 1.82) is 0 Å². The number of nitrogens with one attached hydrogen (secondary N) is 2. The summed E-state index contributed by atoms with van der Waals surface area (Å²) in [6, 6.07) is 13.5. The van der Waals surface area contributed by atoms with Crippen molar-refractivity contribution < 1.29 is 18.9 Å². The van der Waals surface area contributed by atoms with Crippen LogP contribution in [0.3, 0.4) is 0 Å². The van der Waals surface area contributed by atoms with E-state index in [9.17, 15) is 4.79 Å². The first-order chi connectivity index (χ1) is 15.1. The molecule has 1 amide bonds. The summed E-state index contributed by atoms with van der Waals surface area (Å²) in [5.74, 6) is 0.722. The van der Waals surface area contributed by atoms with Crippen molar-refractivity contribution in [1.82, 2.24) is 20.9 Å². The van der Waals surface area contributed by atoms with Crippen molar-refractivity contribution in [2.45, 2.75) is 20.1 Å². The van der Waals surface area contributed by atoms with Crippen LogP contribution >= 0.6 is 11.6 Å². The van der Waals surface area contributed by atoms with E-state index in [-0.39, 0.29) is 11.5 Å². The van der Waals surface area contributed by atoms with Gasteiger partial charge in [-0.3, -0.25) is 4.79 Å². The van der Waals surface area contributed by atoms with Crippen LogP contribution < -0.4 is 25.8 Å². The Morgan fingerprint density at radius 1 is 1.13 bits per heavy atom. The number of anilines is 1. The third-order valence-corrected chi connectivity index (χ3v) is 4.63. The van der Waals surface area contributed by atoms with Crippen molar-refractivity contribution in [3.05, 3.63) is 64.3 Å². The number of carbonyl (C=O) groups is 1. The van der Waals surface area contributed by atoms with Gasteiger partial charge >= 0.3 is 0 Å². The molecular weight excluding hydrogens is 422 g/mol. The first-order valence-corrected chi connectivity index (χ1v) is 10.1. The lowest BCUT2D eigenvalue weighted by molar-refractivity contribution is 0.0944. The highest BCUT2D eigenvalue weighted by Crippen LogP contribution is 2.34. The topological polar surface area (TPSA) is 125 Å². The molecule has 0 aliphatic rings. The molecule has 9 nitrogen and oxygen atoms in total. The summed E-state index contributed by atoms with van der Waals surface area (Å²) in [4.78, 5) is 11.9. The summed E-state index contributed by atoms with van der Waals surface area (Å²) >= 11 is 6.45. The van der Waals surface area contributed by atoms with Gasteiger partial charge in [0.05, 0.1) is 6.61 Å². The molecule has 3 rings (SSSR count). The number of carbonyl (C=O) groups excluding carboxylic acids is 1. The van der Waals surface area contributed by atoms with Crippen LogP contribution in [0.5, 0.6) is 11.5 Å². The SMILES string of the molecule is CCOc1cc(CNCCNC(=O)c2nonc2N)c(Cl)cc1OCc1ccccc1. The van der Waals surface area contributed by atoms with Crippen LogP contribution in [0.4, 0.5) is 5.82 Å². The third-order valence-electron chi connectivity index (χ3n) is 4.28. The van der Waals surface area contributed by atoms with Crippen LogP contribution in [-0.2, 0) is 13.2 Å². The molecule has 0 fully saturated rings. The molecule has 3 aromatic rings. The molecule has 0 atom stereocenters. The highest BCUT2D eigenvalue weighted by atomic mass is 35.5. The molecule has 10 heteroatoms. The molecule has 0 radical (unpaired) electrons. The Morgan fingerprint density at radius 3 is 2.61 bits per heavy atom. The van der Waals surface area contributed by atoms with E-state index in [2.05, 4.69) is 25.6 Å². The van der Waals surface area contributed by atoms with Crippen LogP contribution in [-0.4, -0.2) is 35.9 Å². The van der Waals surface area contributed by atoms with Gasteiger partial charge in [-0.15, -0.1) is 0 Å². The second-order valence-electron chi connectivity index (χ2n) is 6.53. The van der Waals surface area contributed by atoms with Crippen molar-refractivity contribution >= 4 is 23.3 Å². The predicted molar refractivity (Wildman–Crippen MR) is 116 cm³/mol. The van der Waals surface area contributed by atoms with E-state index in [4.69, 9.17) is 26.8 Å². The van der Waals surface area contributed by atoms with Gasteiger partial charge in [-0.05, 0) is 34.4 Å². The van der Waals surface area contributed by atoms with Gasteiger partial charge < -0.3 is 25.8 Å². The average molecular weight is 446 g/mol. The van der Waals surface area contributed by atoms with Crippen LogP contribution in [0.15, 0.2) is 47.1 Å². The zero-order chi connectivity index (χ0) is 22.1. The standard InChI is InChI=1S/C21H24ClN5O4/c1-2-29-17-10-15(12-24-8-9-25-21(28)19-20(23)27-31-26-19)16(22)11-18(17)30-13-14-6-4-3-5-7-14/h3-7,10-11,24H,2,8-9,12-13H2,1H3,(H2,23,27)(H,25,28). The summed E-state index contributed by atoms with van der Waals surface area (Å²) in [5.41, 5.74) is 7.37. The third kappa shape index (κ3) is 6.34. The Kier molecular flexibility index (Phi) is 8.08. The Labute approximate surface area is 184 Å². The number of nitrogens with two attached hydrogens (primary N) is 1. The summed E-state index contributed by atoms with van der Waals surface area (Å²) in [5, 5.41) is 13.3. The molecule has 0 saturated heterocycles. The zero-order valence-corrected chi connectivity index (χ0v) is 17.8. The lowest BCUT2D eigenvalue weighted by Gasteiger charge is -2.15. The highest BCUT2D eigenvalue weighted by molar-refractivity contribution is 6.31. The monoisotopic (exact) mass is 445 g/mol. The van der Waals surface area contributed by atoms with E-state index in [1.807, 2.05) is 43.3 Å². The Balaban J connectivity index is 1.52. The van der Waals surface area contributed by atoms with E-state index in [1.54, 1.807) is 6.07 Å². The number of rotatable bonds is 11. The molecule has 4 N–H and O–H groups in total. The quantitative estimate of drug-likeness (QED) is 0.385. The van der Waals surface area contributed by atoms with Crippen LogP contribution in [0, 0.1) is 0 Å². The maximum atomic E-state index is 11.9. The van der Waals surface area contributed by atoms with Gasteiger partial charge in [0.2, 0.25) is 11.5 Å². The highest BCUT2D eigenvalue weighted by Gasteiger charge is 2.15. The molecule has 0 spiro atoms. The molecule has 1 aromatic heterocycles. The number of halogens is 1. The second-order valence-corrected chi connectivity index (χ2v) is 6.94. The number of hydrogen-bond acceptors (Lipinski definition) is 8. The van der Waals surface area contributed by atoms with Crippen molar-refractivity contribution in [2.24, 2.45) is 0 Å². The van der Waals surface area contributed by atoms with Gasteiger partial charge in [-0.2, -0.15) is 0 Å². The lowest BCUT2D eigenvalue weighted by Crippen LogP contribution is -2.32. The molecule has 164 valence electrons. The Hall–Kier alpha value is -3.30. The average Bonchev–Trinajstić information content (AvgIpc) is 3.21. The second kappa shape index (κ2) is 11.2. The lowest BCUT2D eigenvalue weighted by atomic mass is 10.2. The molecule has 0 unspecified atom stereocenters. The first-order valence-electron chi connectivity index (χ1n) is 9.77. The number of ether oxygens (including phenoxy) is 2. The van der Waals surface area contributed by atoms with Gasteiger partial charge in [0.1, 0.15) is 6.61 Å². The van der Waals surface area contributed by atoms with E-state index in [0.717, 1.165) is 11.1 Å². The molecule has 2 aromatic carbocycles. The van der Waals surface area contributed by atoms with Crippen molar-refractivity contribution in [2.75, 3.05) is 25.4 Å². The molecule has 0 saturated carbocycles. The largest absolute Gasteiger partial charge is 0.490 e. The molecule has 31 heavy (non-hydrogen) atoms. The number of nitrogens with zero attached hydrogens (tertiary/aromatic N) is 2.